The number of hydrazine groups is 1. The Morgan fingerprint density at radius 2 is 1.94 bits per heavy atom. The van der Waals surface area contributed by atoms with Gasteiger partial charge in [0.25, 0.3) is 5.91 Å². The van der Waals surface area contributed by atoms with E-state index in [1.807, 2.05) is 4.90 Å². The fraction of sp³-hybridized carbons (Fsp3) is 0.217. The Bertz CT molecular complexity index is 1220. The maximum atomic E-state index is 13.7. The molecular formula is C23H19F6N5O2. The van der Waals surface area contributed by atoms with Crippen molar-refractivity contribution in [1.82, 2.24) is 15.3 Å². The molecule has 0 spiro atoms. The molecule has 7 nitrogen and oxygen atoms in total. The van der Waals surface area contributed by atoms with Gasteiger partial charge >= 0.3 is 12.5 Å². The maximum absolute atomic E-state index is 13.7. The van der Waals surface area contributed by atoms with Crippen LogP contribution in [-0.4, -0.2) is 48.0 Å². The van der Waals surface area contributed by atoms with Crippen molar-refractivity contribution in [3.8, 4) is 5.75 Å². The second-order valence-corrected chi connectivity index (χ2v) is 7.92. The number of nitrogens with zero attached hydrogens (tertiary/aromatic N) is 3. The van der Waals surface area contributed by atoms with Gasteiger partial charge in [0.05, 0.1) is 17.9 Å². The number of rotatable bonds is 5. The number of benzene rings is 1. The van der Waals surface area contributed by atoms with Crippen LogP contribution in [0.5, 0.6) is 5.75 Å². The summed E-state index contributed by atoms with van der Waals surface area (Å²) in [7, 11) is 1.81. The lowest BCUT2D eigenvalue weighted by Crippen LogP contribution is -2.42. The number of aromatic nitrogens is 1. The molecule has 0 bridgehead atoms. The first kappa shape index (κ1) is 25.1. The van der Waals surface area contributed by atoms with E-state index >= 15 is 0 Å². The van der Waals surface area contributed by atoms with E-state index in [9.17, 15) is 31.1 Å². The van der Waals surface area contributed by atoms with Gasteiger partial charge in [-0.3, -0.25) is 9.80 Å². The van der Waals surface area contributed by atoms with Gasteiger partial charge in [-0.1, -0.05) is 12.1 Å². The van der Waals surface area contributed by atoms with E-state index in [0.29, 0.717) is 6.54 Å². The second-order valence-electron chi connectivity index (χ2n) is 7.92. The summed E-state index contributed by atoms with van der Waals surface area (Å²) in [6.07, 6.45) is -2.04. The molecule has 1 amide bonds. The lowest BCUT2D eigenvalue weighted by molar-refractivity contribution is -0.274. The molecule has 2 aliphatic heterocycles. The summed E-state index contributed by atoms with van der Waals surface area (Å²) in [6.45, 7) is 0.447. The largest absolute Gasteiger partial charge is 0.573 e. The Hall–Kier alpha value is -4.00. The van der Waals surface area contributed by atoms with Crippen LogP contribution >= 0.6 is 0 Å². The van der Waals surface area contributed by atoms with Crippen LogP contribution in [0.2, 0.25) is 0 Å². The van der Waals surface area contributed by atoms with Gasteiger partial charge in [-0.05, 0) is 54.3 Å². The highest BCUT2D eigenvalue weighted by molar-refractivity contribution is 6.04. The Kier molecular flexibility index (Phi) is 6.67. The van der Waals surface area contributed by atoms with Crippen LogP contribution in [0.3, 0.4) is 0 Å². The molecule has 0 radical (unpaired) electrons. The van der Waals surface area contributed by atoms with E-state index in [0.717, 1.165) is 35.0 Å². The standard InChI is InChI=1S/C23H19F6N5O2/c1-33-9-3-5-15(13-33)18-11-19(22(24,25)26)34(32-18)16-7-8-20(30-12-16)31-21(35)14-4-2-6-17(10-14)36-23(27,28)29/h2-12,18,32H,13H2,1H3,(H,30,31,35). The molecule has 4 rings (SSSR count). The average Bonchev–Trinajstić information content (AvgIpc) is 3.25. The quantitative estimate of drug-likeness (QED) is 0.565. The molecule has 0 saturated carbocycles. The predicted octanol–water partition coefficient (Wildman–Crippen LogP) is 4.76. The van der Waals surface area contributed by atoms with E-state index in [1.165, 1.54) is 24.3 Å². The van der Waals surface area contributed by atoms with Crippen molar-refractivity contribution in [3.63, 3.8) is 0 Å². The van der Waals surface area contributed by atoms with Crippen molar-refractivity contribution < 1.29 is 35.9 Å². The topological polar surface area (TPSA) is 69.7 Å². The minimum absolute atomic E-state index is 0.0130. The highest BCUT2D eigenvalue weighted by Gasteiger charge is 2.43. The minimum atomic E-state index is -4.92. The number of alkyl halides is 6. The monoisotopic (exact) mass is 511 g/mol. The smallest absolute Gasteiger partial charge is 0.406 e. The normalized spacial score (nSPS) is 18.1. The molecule has 190 valence electrons. The van der Waals surface area contributed by atoms with E-state index in [1.54, 1.807) is 25.4 Å². The fourth-order valence-electron chi connectivity index (χ4n) is 3.63. The zero-order valence-corrected chi connectivity index (χ0v) is 18.6. The first-order chi connectivity index (χ1) is 16.9. The van der Waals surface area contributed by atoms with Gasteiger partial charge < -0.3 is 15.0 Å². The SMILES string of the molecule is CN1C=CC=C(C2C=C(C(F)(F)F)N(c3ccc(NC(=O)c4cccc(OC(F)(F)F)c4)nc3)N2)C1. The van der Waals surface area contributed by atoms with Gasteiger partial charge in [0.15, 0.2) is 0 Å². The van der Waals surface area contributed by atoms with Crippen LogP contribution in [0.4, 0.5) is 37.8 Å². The lowest BCUT2D eigenvalue weighted by Gasteiger charge is -2.27. The second kappa shape index (κ2) is 9.57. The van der Waals surface area contributed by atoms with Crippen molar-refractivity contribution >= 4 is 17.4 Å². The average molecular weight is 511 g/mol. The third-order valence-electron chi connectivity index (χ3n) is 5.18. The summed E-state index contributed by atoms with van der Waals surface area (Å²) in [4.78, 5) is 18.2. The molecule has 3 heterocycles. The maximum Gasteiger partial charge on any atom is 0.573 e. The van der Waals surface area contributed by atoms with Crippen molar-refractivity contribution in [2.45, 2.75) is 18.6 Å². The van der Waals surface area contributed by atoms with Crippen LogP contribution in [0.25, 0.3) is 0 Å². The molecule has 2 aliphatic rings. The minimum Gasteiger partial charge on any atom is -0.406 e. The molecule has 2 aromatic rings. The van der Waals surface area contributed by atoms with Crippen LogP contribution in [-0.2, 0) is 0 Å². The molecule has 0 saturated heterocycles. The molecular weight excluding hydrogens is 492 g/mol. The highest BCUT2D eigenvalue weighted by atomic mass is 19.4. The summed E-state index contributed by atoms with van der Waals surface area (Å²) < 4.78 is 82.2. The van der Waals surface area contributed by atoms with Crippen LogP contribution < -0.4 is 20.5 Å². The van der Waals surface area contributed by atoms with Gasteiger partial charge in [0, 0.05) is 19.2 Å². The van der Waals surface area contributed by atoms with E-state index < -0.39 is 35.9 Å². The Labute approximate surface area is 201 Å². The molecule has 2 N–H and O–H groups in total. The number of halogens is 6. The number of allylic oxidation sites excluding steroid dienone is 3. The van der Waals surface area contributed by atoms with Crippen LogP contribution in [0.15, 0.2) is 78.3 Å². The molecule has 1 aromatic heterocycles. The van der Waals surface area contributed by atoms with Gasteiger partial charge in [-0.25, -0.2) is 10.4 Å². The molecule has 0 fully saturated rings. The summed E-state index contributed by atoms with van der Waals surface area (Å²) in [6, 6.07) is 6.33. The number of hydrogen-bond acceptors (Lipinski definition) is 6. The predicted molar refractivity (Wildman–Crippen MR) is 119 cm³/mol. The third-order valence-corrected chi connectivity index (χ3v) is 5.18. The summed E-state index contributed by atoms with van der Waals surface area (Å²) in [5.41, 5.74) is 2.59. The zero-order chi connectivity index (χ0) is 26.1. The van der Waals surface area contributed by atoms with Gasteiger partial charge in [0.2, 0.25) is 0 Å². The first-order valence-corrected chi connectivity index (χ1v) is 10.4. The molecule has 13 heteroatoms. The molecule has 1 atom stereocenters. The number of anilines is 2. The zero-order valence-electron chi connectivity index (χ0n) is 18.6. The molecule has 1 aromatic carbocycles. The Balaban J connectivity index is 1.48. The van der Waals surface area contributed by atoms with E-state index in [2.05, 4.69) is 20.5 Å². The third kappa shape index (κ3) is 5.97. The van der Waals surface area contributed by atoms with Gasteiger partial charge in [-0.2, -0.15) is 13.2 Å². The molecule has 0 aliphatic carbocycles. The van der Waals surface area contributed by atoms with Crippen molar-refractivity contribution in [2.24, 2.45) is 0 Å². The van der Waals surface area contributed by atoms with Crippen molar-refractivity contribution in [1.29, 1.82) is 0 Å². The Morgan fingerprint density at radius 1 is 1.17 bits per heavy atom. The number of amides is 1. The first-order valence-electron chi connectivity index (χ1n) is 10.4. The number of likely N-dealkylation sites (N-methyl/N-ethyl adjacent to an activating group) is 1. The van der Waals surface area contributed by atoms with Crippen LogP contribution in [0, 0.1) is 0 Å². The van der Waals surface area contributed by atoms with E-state index in [-0.39, 0.29) is 17.1 Å². The van der Waals surface area contributed by atoms with Gasteiger partial charge in [-0.15, -0.1) is 13.2 Å². The summed E-state index contributed by atoms with van der Waals surface area (Å²) in [5.74, 6) is -1.37. The van der Waals surface area contributed by atoms with Gasteiger partial charge in [0.1, 0.15) is 17.3 Å². The van der Waals surface area contributed by atoms with Crippen molar-refractivity contribution in [3.05, 3.63) is 83.9 Å². The summed E-state index contributed by atoms with van der Waals surface area (Å²) in [5, 5.41) is 3.26. The highest BCUT2D eigenvalue weighted by Crippen LogP contribution is 2.36. The molecule has 36 heavy (non-hydrogen) atoms. The number of ether oxygens (including phenoxy) is 1. The van der Waals surface area contributed by atoms with E-state index in [4.69, 9.17) is 0 Å². The van der Waals surface area contributed by atoms with Crippen LogP contribution in [0.1, 0.15) is 10.4 Å². The fourth-order valence-corrected chi connectivity index (χ4v) is 3.63. The van der Waals surface area contributed by atoms with Crippen molar-refractivity contribution in [2.75, 3.05) is 23.9 Å². The number of hydrogen-bond donors (Lipinski definition) is 2. The summed E-state index contributed by atoms with van der Waals surface area (Å²) >= 11 is 0. The number of pyridine rings is 1. The number of carbonyl (C=O) groups is 1. The lowest BCUT2D eigenvalue weighted by atomic mass is 10.0. The molecule has 1 unspecified atom stereocenters. The number of nitrogens with one attached hydrogen (secondary N) is 2. The number of carbonyl (C=O) groups excluding carboxylic acids is 1. The Morgan fingerprint density at radius 3 is 2.58 bits per heavy atom.